The van der Waals surface area contributed by atoms with E-state index in [9.17, 15) is 5.11 Å². The molecule has 0 amide bonds. The SMILES string of the molecule is Cc1ccn2cc(-c3ccc(NCC(O)CO)cc3)nc2n1. The summed E-state index contributed by atoms with van der Waals surface area (Å²) >= 11 is 0. The molecule has 6 nitrogen and oxygen atoms in total. The number of aryl methyl sites for hydroxylation is 1. The van der Waals surface area contributed by atoms with Crippen LogP contribution in [0.5, 0.6) is 0 Å². The van der Waals surface area contributed by atoms with E-state index in [0.29, 0.717) is 12.3 Å². The Bertz CT molecular complexity index is 767. The Morgan fingerprint density at radius 1 is 1.18 bits per heavy atom. The molecule has 0 saturated heterocycles. The molecule has 1 aromatic carbocycles. The van der Waals surface area contributed by atoms with Crippen molar-refractivity contribution in [3.63, 3.8) is 0 Å². The number of aromatic nitrogens is 3. The van der Waals surface area contributed by atoms with Gasteiger partial charge >= 0.3 is 0 Å². The van der Waals surface area contributed by atoms with Crippen molar-refractivity contribution in [1.82, 2.24) is 14.4 Å². The molecule has 1 unspecified atom stereocenters. The van der Waals surface area contributed by atoms with Gasteiger partial charge in [0.15, 0.2) is 0 Å². The highest BCUT2D eigenvalue weighted by atomic mass is 16.3. The highest BCUT2D eigenvalue weighted by Crippen LogP contribution is 2.21. The molecule has 0 saturated carbocycles. The van der Waals surface area contributed by atoms with Gasteiger partial charge in [-0.15, -0.1) is 0 Å². The van der Waals surface area contributed by atoms with Crippen molar-refractivity contribution in [1.29, 1.82) is 0 Å². The summed E-state index contributed by atoms with van der Waals surface area (Å²) in [6.45, 7) is 2.00. The third-order valence-electron chi connectivity index (χ3n) is 3.40. The van der Waals surface area contributed by atoms with Crippen LogP contribution in [0.15, 0.2) is 42.7 Å². The second kappa shape index (κ2) is 6.13. The van der Waals surface area contributed by atoms with Crippen LogP contribution in [0.1, 0.15) is 5.69 Å². The zero-order chi connectivity index (χ0) is 15.5. The Balaban J connectivity index is 1.79. The van der Waals surface area contributed by atoms with Crippen LogP contribution < -0.4 is 5.32 Å². The fourth-order valence-corrected chi connectivity index (χ4v) is 2.16. The maximum absolute atomic E-state index is 9.32. The van der Waals surface area contributed by atoms with Crippen molar-refractivity contribution in [2.45, 2.75) is 13.0 Å². The van der Waals surface area contributed by atoms with Crippen molar-refractivity contribution in [2.75, 3.05) is 18.5 Å². The maximum Gasteiger partial charge on any atom is 0.234 e. The number of aliphatic hydroxyl groups excluding tert-OH is 2. The predicted molar refractivity (Wildman–Crippen MR) is 84.7 cm³/mol. The Morgan fingerprint density at radius 3 is 2.68 bits per heavy atom. The minimum atomic E-state index is -0.757. The van der Waals surface area contributed by atoms with Crippen LogP contribution in [0.25, 0.3) is 17.0 Å². The average Bonchev–Trinajstić information content (AvgIpc) is 2.96. The lowest BCUT2D eigenvalue weighted by Gasteiger charge is -2.10. The molecular weight excluding hydrogens is 280 g/mol. The van der Waals surface area contributed by atoms with Crippen molar-refractivity contribution in [2.24, 2.45) is 0 Å². The molecule has 114 valence electrons. The second-order valence-corrected chi connectivity index (χ2v) is 5.20. The molecule has 22 heavy (non-hydrogen) atoms. The summed E-state index contributed by atoms with van der Waals surface area (Å²) in [6, 6.07) is 9.70. The summed E-state index contributed by atoms with van der Waals surface area (Å²) in [5.74, 6) is 0.684. The van der Waals surface area contributed by atoms with Crippen LogP contribution in [-0.4, -0.2) is 43.8 Å². The molecular formula is C16H18N4O2. The molecule has 3 rings (SSSR count). The van der Waals surface area contributed by atoms with Gasteiger partial charge in [-0.2, -0.15) is 0 Å². The van der Waals surface area contributed by atoms with E-state index in [4.69, 9.17) is 5.11 Å². The van der Waals surface area contributed by atoms with Gasteiger partial charge in [0, 0.05) is 35.9 Å². The van der Waals surface area contributed by atoms with Crippen LogP contribution >= 0.6 is 0 Å². The Labute approximate surface area is 128 Å². The van der Waals surface area contributed by atoms with E-state index in [1.807, 2.05) is 54.0 Å². The number of nitrogens with one attached hydrogen (secondary N) is 1. The second-order valence-electron chi connectivity index (χ2n) is 5.20. The first-order chi connectivity index (χ1) is 10.7. The van der Waals surface area contributed by atoms with E-state index in [-0.39, 0.29) is 6.61 Å². The van der Waals surface area contributed by atoms with Gasteiger partial charge in [-0.3, -0.25) is 4.40 Å². The van der Waals surface area contributed by atoms with E-state index in [1.165, 1.54) is 0 Å². The van der Waals surface area contributed by atoms with Crippen LogP contribution in [0.3, 0.4) is 0 Å². The zero-order valence-corrected chi connectivity index (χ0v) is 12.3. The van der Waals surface area contributed by atoms with Crippen molar-refractivity contribution in [3.05, 3.63) is 48.4 Å². The zero-order valence-electron chi connectivity index (χ0n) is 12.3. The van der Waals surface area contributed by atoms with Crippen LogP contribution in [0.2, 0.25) is 0 Å². The van der Waals surface area contributed by atoms with Gasteiger partial charge in [0.2, 0.25) is 5.78 Å². The van der Waals surface area contributed by atoms with E-state index < -0.39 is 6.10 Å². The molecule has 0 aliphatic carbocycles. The maximum atomic E-state index is 9.32. The van der Waals surface area contributed by atoms with Gasteiger partial charge in [-0.05, 0) is 25.1 Å². The summed E-state index contributed by atoms with van der Waals surface area (Å²) in [5.41, 5.74) is 3.68. The number of rotatable bonds is 5. The number of fused-ring (bicyclic) bond motifs is 1. The first-order valence-electron chi connectivity index (χ1n) is 7.11. The minimum Gasteiger partial charge on any atom is -0.394 e. The van der Waals surface area contributed by atoms with Crippen molar-refractivity contribution in [3.8, 4) is 11.3 Å². The molecule has 0 radical (unpaired) electrons. The van der Waals surface area contributed by atoms with Crippen LogP contribution in [0.4, 0.5) is 5.69 Å². The quantitative estimate of drug-likeness (QED) is 0.664. The first-order valence-corrected chi connectivity index (χ1v) is 7.11. The van der Waals surface area contributed by atoms with Crippen molar-refractivity contribution < 1.29 is 10.2 Å². The lowest BCUT2D eigenvalue weighted by atomic mass is 10.1. The number of aliphatic hydroxyl groups is 2. The molecule has 2 heterocycles. The lowest BCUT2D eigenvalue weighted by molar-refractivity contribution is 0.105. The largest absolute Gasteiger partial charge is 0.394 e. The summed E-state index contributed by atoms with van der Waals surface area (Å²) in [4.78, 5) is 8.90. The third-order valence-corrected chi connectivity index (χ3v) is 3.40. The van der Waals surface area contributed by atoms with Crippen molar-refractivity contribution >= 4 is 11.5 Å². The summed E-state index contributed by atoms with van der Waals surface area (Å²) < 4.78 is 1.89. The number of nitrogens with zero attached hydrogens (tertiary/aromatic N) is 3. The molecule has 0 aliphatic rings. The molecule has 0 fully saturated rings. The highest BCUT2D eigenvalue weighted by Gasteiger charge is 2.06. The van der Waals surface area contributed by atoms with Crippen LogP contribution in [0, 0.1) is 6.92 Å². The monoisotopic (exact) mass is 298 g/mol. The van der Waals surface area contributed by atoms with Gasteiger partial charge in [-0.1, -0.05) is 12.1 Å². The Hall–Kier alpha value is -2.44. The number of anilines is 1. The molecule has 0 bridgehead atoms. The fourth-order valence-electron chi connectivity index (χ4n) is 2.16. The number of imidazole rings is 1. The third kappa shape index (κ3) is 3.08. The summed E-state index contributed by atoms with van der Waals surface area (Å²) in [6.07, 6.45) is 3.13. The predicted octanol–water partition coefficient (Wildman–Crippen LogP) is 1.47. The standard InChI is InChI=1S/C16H18N4O2/c1-11-6-7-20-9-15(19-16(20)18-11)12-2-4-13(5-3-12)17-8-14(22)10-21/h2-7,9,14,17,21-22H,8,10H2,1H3. The number of benzene rings is 1. The summed E-state index contributed by atoms with van der Waals surface area (Å²) in [5, 5.41) is 21.2. The average molecular weight is 298 g/mol. The molecule has 3 N–H and O–H groups in total. The summed E-state index contributed by atoms with van der Waals surface area (Å²) in [7, 11) is 0. The normalized spacial score (nSPS) is 12.5. The molecule has 0 aliphatic heterocycles. The smallest absolute Gasteiger partial charge is 0.234 e. The molecule has 2 aromatic heterocycles. The van der Waals surface area contributed by atoms with E-state index in [2.05, 4.69) is 15.3 Å². The molecule has 0 spiro atoms. The molecule has 1 atom stereocenters. The van der Waals surface area contributed by atoms with E-state index in [0.717, 1.165) is 22.6 Å². The molecule has 3 aromatic rings. The fraction of sp³-hybridized carbons (Fsp3) is 0.250. The van der Waals surface area contributed by atoms with E-state index in [1.54, 1.807) is 0 Å². The minimum absolute atomic E-state index is 0.251. The van der Waals surface area contributed by atoms with Crippen LogP contribution in [-0.2, 0) is 0 Å². The van der Waals surface area contributed by atoms with Gasteiger partial charge in [0.1, 0.15) is 0 Å². The Morgan fingerprint density at radius 2 is 1.95 bits per heavy atom. The number of hydrogen-bond acceptors (Lipinski definition) is 5. The topological polar surface area (TPSA) is 82.7 Å². The highest BCUT2D eigenvalue weighted by molar-refractivity contribution is 5.64. The Kier molecular flexibility index (Phi) is 4.04. The van der Waals surface area contributed by atoms with E-state index >= 15 is 0 Å². The van der Waals surface area contributed by atoms with Gasteiger partial charge < -0.3 is 15.5 Å². The van der Waals surface area contributed by atoms with Gasteiger partial charge in [0.25, 0.3) is 0 Å². The van der Waals surface area contributed by atoms with Gasteiger partial charge in [-0.25, -0.2) is 9.97 Å². The molecule has 6 heteroatoms. The lowest BCUT2D eigenvalue weighted by Crippen LogP contribution is -2.22. The van der Waals surface area contributed by atoms with Gasteiger partial charge in [0.05, 0.1) is 18.4 Å². The number of hydrogen-bond donors (Lipinski definition) is 3. The first kappa shape index (κ1) is 14.5.